The van der Waals surface area contributed by atoms with Crippen LogP contribution >= 0.6 is 24.8 Å². The number of rotatable bonds is 3. The predicted octanol–water partition coefficient (Wildman–Crippen LogP) is 0.748. The van der Waals surface area contributed by atoms with E-state index in [9.17, 15) is 4.79 Å². The van der Waals surface area contributed by atoms with Gasteiger partial charge >= 0.3 is 0 Å². The lowest BCUT2D eigenvalue weighted by Crippen LogP contribution is -2.48. The molecule has 0 aromatic carbocycles. The summed E-state index contributed by atoms with van der Waals surface area (Å²) in [4.78, 5) is 16.2. The Balaban J connectivity index is 0.00000180. The van der Waals surface area contributed by atoms with Gasteiger partial charge in [-0.1, -0.05) is 0 Å². The van der Waals surface area contributed by atoms with Gasteiger partial charge in [-0.25, -0.2) is 0 Å². The van der Waals surface area contributed by atoms with Gasteiger partial charge in [0.25, 0.3) is 0 Å². The number of amides is 1. The summed E-state index contributed by atoms with van der Waals surface area (Å²) in [6.45, 7) is 8.50. The van der Waals surface area contributed by atoms with E-state index in [4.69, 9.17) is 10.5 Å². The van der Waals surface area contributed by atoms with Gasteiger partial charge in [-0.2, -0.15) is 0 Å². The Morgan fingerprint density at radius 2 is 1.75 bits per heavy atom. The van der Waals surface area contributed by atoms with Crippen LogP contribution in [0.5, 0.6) is 0 Å². The molecule has 7 heteroatoms. The molecule has 20 heavy (non-hydrogen) atoms. The molecule has 0 aromatic rings. The monoisotopic (exact) mass is 327 g/mol. The number of ether oxygens (including phenoxy) is 1. The summed E-state index contributed by atoms with van der Waals surface area (Å²) in [5, 5.41) is 0. The van der Waals surface area contributed by atoms with E-state index in [1.807, 2.05) is 4.90 Å². The van der Waals surface area contributed by atoms with Gasteiger partial charge in [-0.05, 0) is 25.7 Å². The van der Waals surface area contributed by atoms with Crippen molar-refractivity contribution in [3.8, 4) is 0 Å². The lowest BCUT2D eigenvalue weighted by molar-refractivity contribution is -0.133. The molecule has 2 rings (SSSR count). The van der Waals surface area contributed by atoms with E-state index in [-0.39, 0.29) is 36.8 Å². The van der Waals surface area contributed by atoms with Crippen molar-refractivity contribution in [1.29, 1.82) is 0 Å². The average Bonchev–Trinajstić information content (AvgIpc) is 2.40. The summed E-state index contributed by atoms with van der Waals surface area (Å²) in [7, 11) is 0. The van der Waals surface area contributed by atoms with Gasteiger partial charge in [0.2, 0.25) is 5.91 Å². The second kappa shape index (κ2) is 9.79. The maximum atomic E-state index is 11.8. The number of nitrogens with two attached hydrogens (primary N) is 1. The van der Waals surface area contributed by atoms with Crippen LogP contribution in [0.1, 0.15) is 19.8 Å². The minimum atomic E-state index is -0.360. The molecule has 0 spiro atoms. The average molecular weight is 328 g/mol. The van der Waals surface area contributed by atoms with Crippen LogP contribution in [0, 0.1) is 5.92 Å². The first-order valence-corrected chi connectivity index (χ1v) is 7.01. The molecule has 0 saturated carbocycles. The van der Waals surface area contributed by atoms with E-state index in [0.29, 0.717) is 0 Å². The summed E-state index contributed by atoms with van der Waals surface area (Å²) >= 11 is 0. The lowest BCUT2D eigenvalue weighted by Gasteiger charge is -2.36. The number of piperidine rings is 1. The van der Waals surface area contributed by atoms with Gasteiger partial charge in [-0.15, -0.1) is 24.8 Å². The third kappa shape index (κ3) is 5.74. The van der Waals surface area contributed by atoms with Crippen LogP contribution in [0.4, 0.5) is 0 Å². The van der Waals surface area contributed by atoms with Crippen molar-refractivity contribution in [1.82, 2.24) is 9.80 Å². The first-order valence-electron chi connectivity index (χ1n) is 7.01. The fourth-order valence-electron chi connectivity index (χ4n) is 2.77. The van der Waals surface area contributed by atoms with Crippen LogP contribution in [-0.4, -0.2) is 67.7 Å². The van der Waals surface area contributed by atoms with E-state index in [0.717, 1.165) is 64.7 Å². The standard InChI is InChI=1S/C13H25N3O2.2ClH/c1-11(14)13(17)16-4-2-12(3-5-16)10-15-6-8-18-9-7-15;;/h11-12H,2-10,14H2,1H3;2*1H/t11-;;/m0../s1. The maximum Gasteiger partial charge on any atom is 0.239 e. The van der Waals surface area contributed by atoms with Crippen LogP contribution in [0.25, 0.3) is 0 Å². The van der Waals surface area contributed by atoms with Gasteiger partial charge in [0.1, 0.15) is 0 Å². The maximum absolute atomic E-state index is 11.8. The molecular formula is C13H27Cl2N3O2. The first-order chi connectivity index (χ1) is 8.66. The van der Waals surface area contributed by atoms with E-state index >= 15 is 0 Å². The smallest absolute Gasteiger partial charge is 0.239 e. The Morgan fingerprint density at radius 1 is 1.20 bits per heavy atom. The highest BCUT2D eigenvalue weighted by Gasteiger charge is 2.25. The van der Waals surface area contributed by atoms with Crippen molar-refractivity contribution >= 4 is 30.7 Å². The highest BCUT2D eigenvalue weighted by Crippen LogP contribution is 2.19. The minimum Gasteiger partial charge on any atom is -0.379 e. The van der Waals surface area contributed by atoms with E-state index < -0.39 is 0 Å². The third-order valence-corrected chi connectivity index (χ3v) is 3.94. The third-order valence-electron chi connectivity index (χ3n) is 3.94. The Morgan fingerprint density at radius 3 is 2.25 bits per heavy atom. The number of carbonyl (C=O) groups is 1. The first kappa shape index (κ1) is 19.9. The molecule has 1 amide bonds. The van der Waals surface area contributed by atoms with Crippen molar-refractivity contribution in [2.24, 2.45) is 11.7 Å². The number of morpholine rings is 1. The molecule has 0 radical (unpaired) electrons. The number of hydrogen-bond donors (Lipinski definition) is 1. The predicted molar refractivity (Wildman–Crippen MR) is 84.7 cm³/mol. The molecule has 2 heterocycles. The molecule has 120 valence electrons. The molecule has 2 fully saturated rings. The summed E-state index contributed by atoms with van der Waals surface area (Å²) in [6.07, 6.45) is 2.21. The van der Waals surface area contributed by atoms with Crippen molar-refractivity contribution in [3.63, 3.8) is 0 Å². The zero-order valence-corrected chi connectivity index (χ0v) is 13.8. The summed E-state index contributed by atoms with van der Waals surface area (Å²) in [5.74, 6) is 0.819. The topological polar surface area (TPSA) is 58.8 Å². The normalized spacial score (nSPS) is 22.6. The van der Waals surface area contributed by atoms with Crippen molar-refractivity contribution in [2.75, 3.05) is 45.9 Å². The SMILES string of the molecule is C[C@H](N)C(=O)N1CCC(CN2CCOCC2)CC1.Cl.Cl. The van der Waals surface area contributed by atoms with Gasteiger partial charge in [0.05, 0.1) is 19.3 Å². The van der Waals surface area contributed by atoms with Crippen LogP contribution in [0.3, 0.4) is 0 Å². The molecular weight excluding hydrogens is 301 g/mol. The van der Waals surface area contributed by atoms with Gasteiger partial charge in [0.15, 0.2) is 0 Å². The molecule has 0 aromatic heterocycles. The zero-order valence-electron chi connectivity index (χ0n) is 12.1. The summed E-state index contributed by atoms with van der Waals surface area (Å²) in [6, 6.07) is -0.360. The number of carbonyl (C=O) groups excluding carboxylic acids is 1. The molecule has 0 bridgehead atoms. The van der Waals surface area contributed by atoms with Crippen molar-refractivity contribution in [2.45, 2.75) is 25.8 Å². The number of hydrogen-bond acceptors (Lipinski definition) is 4. The molecule has 2 aliphatic heterocycles. The number of likely N-dealkylation sites (tertiary alicyclic amines) is 1. The van der Waals surface area contributed by atoms with Crippen LogP contribution < -0.4 is 5.73 Å². The Labute approximate surface area is 134 Å². The second-order valence-electron chi connectivity index (χ2n) is 5.47. The number of nitrogens with zero attached hydrogens (tertiary/aromatic N) is 2. The van der Waals surface area contributed by atoms with E-state index in [1.54, 1.807) is 6.92 Å². The highest BCUT2D eigenvalue weighted by atomic mass is 35.5. The Bertz CT molecular complexity index is 279. The van der Waals surface area contributed by atoms with Crippen molar-refractivity contribution < 1.29 is 9.53 Å². The van der Waals surface area contributed by atoms with E-state index in [1.165, 1.54) is 0 Å². The molecule has 5 nitrogen and oxygen atoms in total. The summed E-state index contributed by atoms with van der Waals surface area (Å²) in [5.41, 5.74) is 5.64. The minimum absolute atomic E-state index is 0. The molecule has 0 aliphatic carbocycles. The quantitative estimate of drug-likeness (QED) is 0.831. The summed E-state index contributed by atoms with van der Waals surface area (Å²) < 4.78 is 5.36. The Hall–Kier alpha value is -0.0700. The second-order valence-corrected chi connectivity index (χ2v) is 5.47. The fraction of sp³-hybridized carbons (Fsp3) is 0.923. The molecule has 0 unspecified atom stereocenters. The van der Waals surface area contributed by atoms with Crippen molar-refractivity contribution in [3.05, 3.63) is 0 Å². The van der Waals surface area contributed by atoms with Gasteiger partial charge in [-0.3, -0.25) is 9.69 Å². The Kier molecular flexibility index (Phi) is 9.76. The molecule has 2 saturated heterocycles. The molecule has 2 aliphatic rings. The molecule has 1 atom stereocenters. The lowest BCUT2D eigenvalue weighted by atomic mass is 9.95. The zero-order chi connectivity index (χ0) is 13.0. The largest absolute Gasteiger partial charge is 0.379 e. The van der Waals surface area contributed by atoms with Crippen LogP contribution in [0.2, 0.25) is 0 Å². The molecule has 2 N–H and O–H groups in total. The number of halogens is 2. The van der Waals surface area contributed by atoms with Gasteiger partial charge < -0.3 is 15.4 Å². The van der Waals surface area contributed by atoms with Crippen LogP contribution in [0.15, 0.2) is 0 Å². The fourth-order valence-corrected chi connectivity index (χ4v) is 2.77. The highest BCUT2D eigenvalue weighted by molar-refractivity contribution is 5.85. The van der Waals surface area contributed by atoms with Crippen LogP contribution in [-0.2, 0) is 9.53 Å². The van der Waals surface area contributed by atoms with E-state index in [2.05, 4.69) is 4.90 Å². The van der Waals surface area contributed by atoms with Gasteiger partial charge in [0, 0.05) is 32.7 Å².